The molecule has 0 bridgehead atoms. The molecular weight excluding hydrogens is 218 g/mol. The van der Waals surface area contributed by atoms with Gasteiger partial charge < -0.3 is 20.7 Å². The number of hydrogen-bond donors (Lipinski definition) is 3. The SMILES string of the molecule is CNCC(O)Cn1cc(C)c(C(=O)CN)c1C. The van der Waals surface area contributed by atoms with Crippen molar-refractivity contribution >= 4 is 5.78 Å². The zero-order chi connectivity index (χ0) is 13.0. The van der Waals surface area contributed by atoms with Gasteiger partial charge in [-0.1, -0.05) is 0 Å². The number of aromatic nitrogens is 1. The van der Waals surface area contributed by atoms with E-state index in [9.17, 15) is 9.90 Å². The van der Waals surface area contributed by atoms with E-state index in [2.05, 4.69) is 5.32 Å². The smallest absolute Gasteiger partial charge is 0.178 e. The zero-order valence-electron chi connectivity index (χ0n) is 10.7. The van der Waals surface area contributed by atoms with Crippen LogP contribution in [0.25, 0.3) is 0 Å². The molecule has 0 saturated carbocycles. The van der Waals surface area contributed by atoms with E-state index in [1.807, 2.05) is 24.6 Å². The summed E-state index contributed by atoms with van der Waals surface area (Å²) in [5.41, 5.74) is 7.85. The fourth-order valence-corrected chi connectivity index (χ4v) is 2.06. The summed E-state index contributed by atoms with van der Waals surface area (Å²) >= 11 is 0. The van der Waals surface area contributed by atoms with Crippen molar-refractivity contribution in [3.05, 3.63) is 23.0 Å². The van der Waals surface area contributed by atoms with Gasteiger partial charge in [0.25, 0.3) is 0 Å². The number of rotatable bonds is 6. The molecule has 0 aliphatic carbocycles. The summed E-state index contributed by atoms with van der Waals surface area (Å²) in [7, 11) is 1.79. The molecule has 1 atom stereocenters. The van der Waals surface area contributed by atoms with E-state index >= 15 is 0 Å². The van der Waals surface area contributed by atoms with Crippen LogP contribution in [0, 0.1) is 13.8 Å². The van der Waals surface area contributed by atoms with Crippen LogP contribution < -0.4 is 11.1 Å². The van der Waals surface area contributed by atoms with E-state index in [0.29, 0.717) is 18.7 Å². The fraction of sp³-hybridized carbons (Fsp3) is 0.583. The first-order valence-corrected chi connectivity index (χ1v) is 5.73. The second kappa shape index (κ2) is 5.95. The normalized spacial score (nSPS) is 12.8. The molecule has 0 spiro atoms. The number of nitrogens with zero attached hydrogens (tertiary/aromatic N) is 1. The average Bonchev–Trinajstić information content (AvgIpc) is 2.54. The van der Waals surface area contributed by atoms with Crippen molar-refractivity contribution in [3.8, 4) is 0 Å². The number of ketones is 1. The molecule has 5 nitrogen and oxygen atoms in total. The first-order valence-electron chi connectivity index (χ1n) is 5.73. The van der Waals surface area contributed by atoms with Crippen LogP contribution >= 0.6 is 0 Å². The lowest BCUT2D eigenvalue weighted by atomic mass is 10.1. The maximum Gasteiger partial charge on any atom is 0.178 e. The molecule has 0 radical (unpaired) electrons. The largest absolute Gasteiger partial charge is 0.390 e. The number of nitrogens with one attached hydrogen (secondary N) is 1. The second-order valence-corrected chi connectivity index (χ2v) is 4.26. The van der Waals surface area contributed by atoms with Crippen molar-refractivity contribution in [1.29, 1.82) is 0 Å². The molecule has 96 valence electrons. The third-order valence-electron chi connectivity index (χ3n) is 2.85. The van der Waals surface area contributed by atoms with Gasteiger partial charge in [-0.15, -0.1) is 0 Å². The lowest BCUT2D eigenvalue weighted by molar-refractivity contribution is 0.0999. The van der Waals surface area contributed by atoms with Crippen molar-refractivity contribution in [1.82, 2.24) is 9.88 Å². The molecule has 5 heteroatoms. The number of hydrogen-bond acceptors (Lipinski definition) is 4. The van der Waals surface area contributed by atoms with E-state index in [-0.39, 0.29) is 12.3 Å². The molecule has 1 aromatic heterocycles. The summed E-state index contributed by atoms with van der Waals surface area (Å²) < 4.78 is 1.90. The molecule has 1 unspecified atom stereocenters. The van der Waals surface area contributed by atoms with Crippen LogP contribution in [0.4, 0.5) is 0 Å². The van der Waals surface area contributed by atoms with Gasteiger partial charge in [0.2, 0.25) is 0 Å². The van der Waals surface area contributed by atoms with Crippen LogP contribution in [0.15, 0.2) is 6.20 Å². The van der Waals surface area contributed by atoms with Crippen molar-refractivity contribution < 1.29 is 9.90 Å². The highest BCUT2D eigenvalue weighted by molar-refractivity contribution is 5.99. The highest BCUT2D eigenvalue weighted by atomic mass is 16.3. The topological polar surface area (TPSA) is 80.3 Å². The summed E-state index contributed by atoms with van der Waals surface area (Å²) in [6.45, 7) is 4.78. The third-order valence-corrected chi connectivity index (χ3v) is 2.85. The molecule has 0 aliphatic heterocycles. The van der Waals surface area contributed by atoms with Crippen LogP contribution in [0.3, 0.4) is 0 Å². The molecule has 0 fully saturated rings. The van der Waals surface area contributed by atoms with Gasteiger partial charge in [-0.05, 0) is 26.5 Å². The highest BCUT2D eigenvalue weighted by Crippen LogP contribution is 2.17. The number of likely N-dealkylation sites (N-methyl/N-ethyl adjacent to an activating group) is 1. The van der Waals surface area contributed by atoms with Gasteiger partial charge in [0.15, 0.2) is 5.78 Å². The van der Waals surface area contributed by atoms with Crippen LogP contribution in [-0.4, -0.2) is 41.7 Å². The Kier molecular flexibility index (Phi) is 4.86. The quantitative estimate of drug-likeness (QED) is 0.602. The summed E-state index contributed by atoms with van der Waals surface area (Å²) in [4.78, 5) is 11.7. The predicted octanol–water partition coefficient (Wildman–Crippen LogP) is -0.173. The van der Waals surface area contributed by atoms with Gasteiger partial charge in [-0.2, -0.15) is 0 Å². The molecule has 1 heterocycles. The van der Waals surface area contributed by atoms with Crippen molar-refractivity contribution in [2.45, 2.75) is 26.5 Å². The van der Waals surface area contributed by atoms with Gasteiger partial charge >= 0.3 is 0 Å². The monoisotopic (exact) mass is 239 g/mol. The van der Waals surface area contributed by atoms with E-state index in [4.69, 9.17) is 5.73 Å². The Morgan fingerprint density at radius 1 is 1.59 bits per heavy atom. The van der Waals surface area contributed by atoms with Gasteiger partial charge in [-0.3, -0.25) is 4.79 Å². The standard InChI is InChI=1S/C12H21N3O2/c1-8-6-15(7-10(16)5-14-3)9(2)12(8)11(17)4-13/h6,10,14,16H,4-5,7,13H2,1-3H3. The molecule has 1 rings (SSSR count). The Labute approximate surface area is 102 Å². The minimum atomic E-state index is -0.466. The van der Waals surface area contributed by atoms with Crippen LogP contribution in [-0.2, 0) is 6.54 Å². The molecule has 0 aliphatic rings. The number of carbonyl (C=O) groups excluding carboxylic acids is 1. The summed E-state index contributed by atoms with van der Waals surface area (Å²) in [6.07, 6.45) is 1.42. The molecule has 0 aromatic carbocycles. The molecule has 0 amide bonds. The zero-order valence-corrected chi connectivity index (χ0v) is 10.7. The fourth-order valence-electron chi connectivity index (χ4n) is 2.06. The lowest BCUT2D eigenvalue weighted by Crippen LogP contribution is -2.28. The molecule has 4 N–H and O–H groups in total. The summed E-state index contributed by atoms with van der Waals surface area (Å²) in [5.74, 6) is -0.0538. The molecule has 0 saturated heterocycles. The van der Waals surface area contributed by atoms with Crippen molar-refractivity contribution in [2.75, 3.05) is 20.1 Å². The molecule has 17 heavy (non-hydrogen) atoms. The Morgan fingerprint density at radius 3 is 2.76 bits per heavy atom. The Morgan fingerprint density at radius 2 is 2.24 bits per heavy atom. The Balaban J connectivity index is 2.92. The average molecular weight is 239 g/mol. The predicted molar refractivity (Wildman–Crippen MR) is 67.2 cm³/mol. The first-order chi connectivity index (χ1) is 8.01. The number of nitrogens with two attached hydrogens (primary N) is 1. The maximum absolute atomic E-state index is 11.7. The summed E-state index contributed by atoms with van der Waals surface area (Å²) in [6, 6.07) is 0. The van der Waals surface area contributed by atoms with Crippen molar-refractivity contribution in [2.24, 2.45) is 5.73 Å². The van der Waals surface area contributed by atoms with Crippen molar-refractivity contribution in [3.63, 3.8) is 0 Å². The third kappa shape index (κ3) is 3.15. The van der Waals surface area contributed by atoms with Crippen LogP contribution in [0.5, 0.6) is 0 Å². The number of aliphatic hydroxyl groups excluding tert-OH is 1. The number of aliphatic hydroxyl groups is 1. The van der Waals surface area contributed by atoms with Crippen LogP contribution in [0.1, 0.15) is 21.6 Å². The van der Waals surface area contributed by atoms with E-state index < -0.39 is 6.10 Å². The van der Waals surface area contributed by atoms with E-state index in [1.54, 1.807) is 7.05 Å². The van der Waals surface area contributed by atoms with E-state index in [1.165, 1.54) is 0 Å². The lowest BCUT2D eigenvalue weighted by Gasteiger charge is -2.12. The minimum Gasteiger partial charge on any atom is -0.390 e. The van der Waals surface area contributed by atoms with E-state index in [0.717, 1.165) is 11.3 Å². The molecule has 1 aromatic rings. The number of carbonyl (C=O) groups is 1. The first kappa shape index (κ1) is 13.9. The Hall–Kier alpha value is -1.17. The van der Waals surface area contributed by atoms with Gasteiger partial charge in [0.05, 0.1) is 12.6 Å². The highest BCUT2D eigenvalue weighted by Gasteiger charge is 2.16. The van der Waals surface area contributed by atoms with Crippen LogP contribution in [0.2, 0.25) is 0 Å². The molecular formula is C12H21N3O2. The number of aryl methyl sites for hydroxylation is 1. The van der Waals surface area contributed by atoms with Gasteiger partial charge in [-0.25, -0.2) is 0 Å². The number of Topliss-reactive ketones (excluding diaryl/α,β-unsaturated/α-hetero) is 1. The minimum absolute atomic E-state index is 0.0186. The van der Waals surface area contributed by atoms with Gasteiger partial charge in [0, 0.05) is 30.5 Å². The second-order valence-electron chi connectivity index (χ2n) is 4.26. The Bertz CT molecular complexity index is 399. The maximum atomic E-state index is 11.7. The summed E-state index contributed by atoms with van der Waals surface area (Å²) in [5, 5.41) is 12.6. The van der Waals surface area contributed by atoms with Gasteiger partial charge in [0.1, 0.15) is 0 Å².